The van der Waals surface area contributed by atoms with Crippen LogP contribution in [-0.4, -0.2) is 18.4 Å². The number of amides is 2. The molecule has 0 saturated heterocycles. The third-order valence-electron chi connectivity index (χ3n) is 3.83. The first-order chi connectivity index (χ1) is 12.2. The molecule has 0 aromatic heterocycles. The van der Waals surface area contributed by atoms with Crippen LogP contribution in [0.25, 0.3) is 0 Å². The quantitative estimate of drug-likeness (QED) is 0.862. The van der Waals surface area contributed by atoms with E-state index in [0.29, 0.717) is 5.69 Å². The Morgan fingerprint density at radius 2 is 1.58 bits per heavy atom. The molecule has 0 bridgehead atoms. The normalized spacial score (nSPS) is 11.1. The van der Waals surface area contributed by atoms with Gasteiger partial charge in [0.25, 0.3) is 0 Å². The van der Waals surface area contributed by atoms with Crippen molar-refractivity contribution < 1.29 is 22.8 Å². The third-order valence-corrected chi connectivity index (χ3v) is 3.83. The maximum atomic E-state index is 12.6. The summed E-state index contributed by atoms with van der Waals surface area (Å²) in [6.07, 6.45) is -3.58. The standard InChI is InChI=1S/C19H19F3N2O2/c1-3-14-4-10-17(11-5-14)24(13(2)25)12-18(26)23-16-8-6-15(7-9-16)19(20,21)22/h4-11H,3,12H2,1-2H3,(H,23,26). The van der Waals surface area contributed by atoms with E-state index >= 15 is 0 Å². The van der Waals surface area contributed by atoms with Crippen molar-refractivity contribution in [1.29, 1.82) is 0 Å². The molecule has 0 atom stereocenters. The van der Waals surface area contributed by atoms with E-state index in [9.17, 15) is 22.8 Å². The van der Waals surface area contributed by atoms with Gasteiger partial charge in [0, 0.05) is 18.3 Å². The lowest BCUT2D eigenvalue weighted by molar-refractivity contribution is -0.137. The van der Waals surface area contributed by atoms with Crippen LogP contribution >= 0.6 is 0 Å². The van der Waals surface area contributed by atoms with Gasteiger partial charge >= 0.3 is 6.18 Å². The van der Waals surface area contributed by atoms with Crippen molar-refractivity contribution in [1.82, 2.24) is 0 Å². The fourth-order valence-electron chi connectivity index (χ4n) is 2.38. The molecule has 0 fully saturated rings. The lowest BCUT2D eigenvalue weighted by Crippen LogP contribution is -2.36. The van der Waals surface area contributed by atoms with Crippen LogP contribution in [0, 0.1) is 0 Å². The second-order valence-electron chi connectivity index (χ2n) is 5.75. The molecular weight excluding hydrogens is 345 g/mol. The van der Waals surface area contributed by atoms with Crippen LogP contribution in [0.5, 0.6) is 0 Å². The summed E-state index contributed by atoms with van der Waals surface area (Å²) in [6.45, 7) is 3.12. The molecule has 0 aliphatic heterocycles. The van der Waals surface area contributed by atoms with Gasteiger partial charge in [-0.3, -0.25) is 9.59 Å². The van der Waals surface area contributed by atoms with Gasteiger partial charge in [-0.05, 0) is 48.4 Å². The zero-order valence-electron chi connectivity index (χ0n) is 14.4. The van der Waals surface area contributed by atoms with Crippen molar-refractivity contribution in [3.05, 3.63) is 59.7 Å². The van der Waals surface area contributed by atoms with Gasteiger partial charge in [-0.15, -0.1) is 0 Å². The first-order valence-corrected chi connectivity index (χ1v) is 8.05. The van der Waals surface area contributed by atoms with Crippen molar-refractivity contribution in [3.8, 4) is 0 Å². The third kappa shape index (κ3) is 5.08. The Hall–Kier alpha value is -2.83. The average Bonchev–Trinajstić information content (AvgIpc) is 2.59. The molecule has 0 spiro atoms. The van der Waals surface area contributed by atoms with E-state index in [4.69, 9.17) is 0 Å². The fraction of sp³-hybridized carbons (Fsp3) is 0.263. The van der Waals surface area contributed by atoms with Crippen molar-refractivity contribution in [2.75, 3.05) is 16.8 Å². The minimum absolute atomic E-state index is 0.229. The summed E-state index contributed by atoms with van der Waals surface area (Å²) < 4.78 is 37.7. The van der Waals surface area contributed by atoms with E-state index in [1.807, 2.05) is 19.1 Å². The number of carbonyl (C=O) groups excluding carboxylic acids is 2. The summed E-state index contributed by atoms with van der Waals surface area (Å²) >= 11 is 0. The molecule has 0 radical (unpaired) electrons. The molecule has 0 aliphatic rings. The van der Waals surface area contributed by atoms with Gasteiger partial charge in [0.05, 0.1) is 5.56 Å². The Labute approximate surface area is 149 Å². The second-order valence-corrected chi connectivity index (χ2v) is 5.75. The molecule has 138 valence electrons. The number of nitrogens with one attached hydrogen (secondary N) is 1. The maximum Gasteiger partial charge on any atom is 0.416 e. The van der Waals surface area contributed by atoms with Gasteiger partial charge < -0.3 is 10.2 Å². The number of hydrogen-bond donors (Lipinski definition) is 1. The predicted molar refractivity (Wildman–Crippen MR) is 93.9 cm³/mol. The summed E-state index contributed by atoms with van der Waals surface area (Å²) in [7, 11) is 0. The van der Waals surface area contributed by atoms with Crippen LogP contribution in [-0.2, 0) is 22.2 Å². The van der Waals surface area contributed by atoms with Gasteiger partial charge in [0.2, 0.25) is 11.8 Å². The number of rotatable bonds is 5. The molecule has 0 heterocycles. The van der Waals surface area contributed by atoms with Crippen LogP contribution in [0.2, 0.25) is 0 Å². The number of anilines is 2. The molecule has 2 aromatic carbocycles. The Kier molecular flexibility index (Phi) is 6.02. The van der Waals surface area contributed by atoms with E-state index < -0.39 is 17.6 Å². The Bertz CT molecular complexity index is 769. The van der Waals surface area contributed by atoms with Crippen LogP contribution in [0.4, 0.5) is 24.5 Å². The molecule has 2 aromatic rings. The number of aryl methyl sites for hydroxylation is 1. The lowest BCUT2D eigenvalue weighted by Gasteiger charge is -2.21. The van der Waals surface area contributed by atoms with Crippen LogP contribution in [0.3, 0.4) is 0 Å². The highest BCUT2D eigenvalue weighted by atomic mass is 19.4. The predicted octanol–water partition coefficient (Wildman–Crippen LogP) is 4.26. The molecule has 4 nitrogen and oxygen atoms in total. The molecule has 26 heavy (non-hydrogen) atoms. The van der Waals surface area contributed by atoms with Gasteiger partial charge in [0.1, 0.15) is 6.54 Å². The Morgan fingerprint density at radius 1 is 1.00 bits per heavy atom. The monoisotopic (exact) mass is 364 g/mol. The smallest absolute Gasteiger partial charge is 0.325 e. The van der Waals surface area contributed by atoms with Crippen molar-refractivity contribution >= 4 is 23.2 Å². The summed E-state index contributed by atoms with van der Waals surface area (Å²) in [5, 5.41) is 2.50. The molecule has 2 amide bonds. The molecule has 1 N–H and O–H groups in total. The number of alkyl halides is 3. The molecule has 0 aliphatic carbocycles. The van der Waals surface area contributed by atoms with Gasteiger partial charge in [-0.2, -0.15) is 13.2 Å². The van der Waals surface area contributed by atoms with E-state index in [1.54, 1.807) is 12.1 Å². The number of benzene rings is 2. The Morgan fingerprint density at radius 3 is 2.04 bits per heavy atom. The fourth-order valence-corrected chi connectivity index (χ4v) is 2.38. The highest BCUT2D eigenvalue weighted by molar-refractivity contribution is 6.01. The lowest BCUT2D eigenvalue weighted by atomic mass is 10.1. The van der Waals surface area contributed by atoms with Crippen LogP contribution in [0.15, 0.2) is 48.5 Å². The van der Waals surface area contributed by atoms with Crippen molar-refractivity contribution in [2.24, 2.45) is 0 Å². The summed E-state index contributed by atoms with van der Waals surface area (Å²) in [6, 6.07) is 11.4. The molecule has 7 heteroatoms. The van der Waals surface area contributed by atoms with Crippen molar-refractivity contribution in [2.45, 2.75) is 26.4 Å². The SMILES string of the molecule is CCc1ccc(N(CC(=O)Nc2ccc(C(F)(F)F)cc2)C(C)=O)cc1. The number of halogens is 3. The number of carbonyl (C=O) groups is 2. The number of nitrogens with zero attached hydrogens (tertiary/aromatic N) is 1. The highest BCUT2D eigenvalue weighted by Gasteiger charge is 2.30. The van der Waals surface area contributed by atoms with E-state index in [2.05, 4.69) is 5.32 Å². The van der Waals surface area contributed by atoms with Gasteiger partial charge in [0.15, 0.2) is 0 Å². The van der Waals surface area contributed by atoms with E-state index in [1.165, 1.54) is 24.0 Å². The number of hydrogen-bond acceptors (Lipinski definition) is 2. The Balaban J connectivity index is 2.06. The van der Waals surface area contributed by atoms with Crippen molar-refractivity contribution in [3.63, 3.8) is 0 Å². The summed E-state index contributed by atoms with van der Waals surface area (Å²) in [5.41, 5.74) is 1.12. The molecule has 0 unspecified atom stereocenters. The first kappa shape index (κ1) is 19.5. The van der Waals surface area contributed by atoms with Gasteiger partial charge in [-0.1, -0.05) is 19.1 Å². The van der Waals surface area contributed by atoms with Crippen LogP contribution < -0.4 is 10.2 Å². The zero-order chi connectivity index (χ0) is 19.3. The molecule has 0 saturated carbocycles. The summed E-state index contributed by atoms with van der Waals surface area (Å²) in [4.78, 5) is 25.3. The zero-order valence-corrected chi connectivity index (χ0v) is 14.4. The first-order valence-electron chi connectivity index (χ1n) is 8.05. The molecular formula is C19H19F3N2O2. The maximum absolute atomic E-state index is 12.6. The average molecular weight is 364 g/mol. The molecule has 2 rings (SSSR count). The topological polar surface area (TPSA) is 49.4 Å². The highest BCUT2D eigenvalue weighted by Crippen LogP contribution is 2.29. The summed E-state index contributed by atoms with van der Waals surface area (Å²) in [5.74, 6) is -0.809. The largest absolute Gasteiger partial charge is 0.416 e. The van der Waals surface area contributed by atoms with E-state index in [0.717, 1.165) is 24.1 Å². The van der Waals surface area contributed by atoms with Crippen LogP contribution in [0.1, 0.15) is 25.0 Å². The minimum atomic E-state index is -4.43. The van der Waals surface area contributed by atoms with E-state index in [-0.39, 0.29) is 18.1 Å². The van der Waals surface area contributed by atoms with Gasteiger partial charge in [-0.25, -0.2) is 0 Å². The second kappa shape index (κ2) is 8.03. The minimum Gasteiger partial charge on any atom is -0.325 e.